The molecule has 0 unspecified atom stereocenters. The largest absolute Gasteiger partial charge is 0.469 e. The molecule has 2 N–H and O–H groups in total. The first-order valence-corrected chi connectivity index (χ1v) is 21.2. The molecule has 0 fully saturated rings. The van der Waals surface area contributed by atoms with Crippen LogP contribution in [0.2, 0.25) is 0 Å². The number of carbonyl (C=O) groups excluding carboxylic acids is 2. The fourth-order valence-electron chi connectivity index (χ4n) is 5.50. The van der Waals surface area contributed by atoms with E-state index < -0.39 is 32.5 Å². The summed E-state index contributed by atoms with van der Waals surface area (Å²) >= 11 is 0. The summed E-state index contributed by atoms with van der Waals surface area (Å²) in [5.74, 6) is -0.942. The van der Waals surface area contributed by atoms with E-state index in [1.165, 1.54) is 116 Å². The van der Waals surface area contributed by atoms with Gasteiger partial charge in [-0.15, -0.1) is 0 Å². The summed E-state index contributed by atoms with van der Waals surface area (Å²) in [4.78, 5) is 42.7. The number of phosphoric acid groups is 1. The number of hydrogen-bond donors (Lipinski definition) is 2. The number of phosphoric ester groups is 1. The highest BCUT2D eigenvalue weighted by Gasteiger charge is 2.22. The lowest BCUT2D eigenvalue weighted by molar-refractivity contribution is -0.161. The summed E-state index contributed by atoms with van der Waals surface area (Å²) in [6.07, 6.45) is 39.1. The van der Waals surface area contributed by atoms with Gasteiger partial charge in [-0.25, -0.2) is 4.57 Å². The standard InChI is InChI=1S/C39H73O8P/c1-3-5-7-9-11-13-15-17-19-21-23-25-27-29-31-33-38(40)45-35-37(36-46-48(42,43)44)47-39(41)34-32-30-28-26-24-22-20-18-16-14-12-10-8-6-4-2/h13,15,28,30,37H,3-12,14,16-27,29,31-36H2,1-2H3,(H2,42,43,44)/b15-13+,30-28+/t37-/m1/s1. The van der Waals surface area contributed by atoms with Crippen LogP contribution in [0.25, 0.3) is 0 Å². The zero-order valence-corrected chi connectivity index (χ0v) is 31.8. The van der Waals surface area contributed by atoms with Crippen molar-refractivity contribution >= 4 is 19.8 Å². The summed E-state index contributed by atoms with van der Waals surface area (Å²) in [6.45, 7) is 3.64. The molecule has 0 aromatic rings. The van der Waals surface area contributed by atoms with Crippen molar-refractivity contribution in [3.63, 3.8) is 0 Å². The van der Waals surface area contributed by atoms with Gasteiger partial charge < -0.3 is 19.3 Å². The Morgan fingerprint density at radius 1 is 0.521 bits per heavy atom. The maximum atomic E-state index is 12.3. The summed E-state index contributed by atoms with van der Waals surface area (Å²) in [7, 11) is -4.76. The van der Waals surface area contributed by atoms with Crippen molar-refractivity contribution in [1.82, 2.24) is 0 Å². The number of carbonyl (C=O) groups is 2. The molecule has 0 spiro atoms. The van der Waals surface area contributed by atoms with E-state index in [0.29, 0.717) is 12.8 Å². The molecule has 0 rings (SSSR count). The Bertz CT molecular complexity index is 838. The van der Waals surface area contributed by atoms with E-state index in [9.17, 15) is 14.2 Å². The van der Waals surface area contributed by atoms with Gasteiger partial charge in [0.2, 0.25) is 0 Å². The van der Waals surface area contributed by atoms with Crippen LogP contribution < -0.4 is 0 Å². The zero-order chi connectivity index (χ0) is 35.4. The monoisotopic (exact) mass is 701 g/mol. The van der Waals surface area contributed by atoms with Crippen LogP contribution in [0.1, 0.15) is 194 Å². The summed E-state index contributed by atoms with van der Waals surface area (Å²) in [5.41, 5.74) is 0. The molecule has 0 aromatic carbocycles. The maximum Gasteiger partial charge on any atom is 0.469 e. The molecule has 0 saturated carbocycles. The van der Waals surface area contributed by atoms with E-state index >= 15 is 0 Å². The van der Waals surface area contributed by atoms with E-state index in [-0.39, 0.29) is 19.4 Å². The first kappa shape index (κ1) is 46.5. The van der Waals surface area contributed by atoms with Gasteiger partial charge in [0.25, 0.3) is 0 Å². The van der Waals surface area contributed by atoms with Gasteiger partial charge in [0.15, 0.2) is 6.10 Å². The summed E-state index contributed by atoms with van der Waals surface area (Å²) < 4.78 is 26.3. The molecule has 0 amide bonds. The molecule has 0 radical (unpaired) electrons. The van der Waals surface area contributed by atoms with Crippen LogP contribution in [0.3, 0.4) is 0 Å². The van der Waals surface area contributed by atoms with Crippen LogP contribution in [0.15, 0.2) is 24.3 Å². The maximum absolute atomic E-state index is 12.3. The lowest BCUT2D eigenvalue weighted by atomic mass is 10.1. The minimum Gasteiger partial charge on any atom is -0.462 e. The number of rotatable bonds is 36. The number of unbranched alkanes of at least 4 members (excludes halogenated alkanes) is 22. The Kier molecular flexibility index (Phi) is 34.3. The summed E-state index contributed by atoms with van der Waals surface area (Å²) in [5, 5.41) is 0. The fraction of sp³-hybridized carbons (Fsp3) is 0.846. The fourth-order valence-corrected chi connectivity index (χ4v) is 5.86. The van der Waals surface area contributed by atoms with Crippen LogP contribution in [0, 0.1) is 0 Å². The van der Waals surface area contributed by atoms with Gasteiger partial charge in [-0.2, -0.15) is 0 Å². The molecule has 0 aliphatic heterocycles. The van der Waals surface area contributed by atoms with Crippen molar-refractivity contribution in [2.75, 3.05) is 13.2 Å². The Labute approximate surface area is 294 Å². The van der Waals surface area contributed by atoms with Gasteiger partial charge in [0, 0.05) is 12.8 Å². The molecule has 0 bridgehead atoms. The number of ether oxygens (including phenoxy) is 2. The lowest BCUT2D eigenvalue weighted by Gasteiger charge is -2.18. The predicted molar refractivity (Wildman–Crippen MR) is 198 cm³/mol. The third kappa shape index (κ3) is 37.4. The molecular formula is C39H73O8P. The Hall–Kier alpha value is -1.47. The molecule has 1 atom stereocenters. The molecule has 48 heavy (non-hydrogen) atoms. The van der Waals surface area contributed by atoms with Gasteiger partial charge in [-0.05, 0) is 51.4 Å². The molecule has 0 heterocycles. The number of allylic oxidation sites excluding steroid dienone is 4. The second-order valence-electron chi connectivity index (χ2n) is 13.2. The third-order valence-electron chi connectivity index (χ3n) is 8.46. The average molecular weight is 701 g/mol. The molecule has 0 aliphatic rings. The highest BCUT2D eigenvalue weighted by Crippen LogP contribution is 2.36. The quantitative estimate of drug-likeness (QED) is 0.0287. The van der Waals surface area contributed by atoms with Crippen molar-refractivity contribution in [2.24, 2.45) is 0 Å². The van der Waals surface area contributed by atoms with Crippen molar-refractivity contribution < 1.29 is 37.9 Å². The molecular weight excluding hydrogens is 627 g/mol. The van der Waals surface area contributed by atoms with Gasteiger partial charge >= 0.3 is 19.8 Å². The zero-order valence-electron chi connectivity index (χ0n) is 30.9. The highest BCUT2D eigenvalue weighted by molar-refractivity contribution is 7.46. The molecule has 0 saturated heterocycles. The van der Waals surface area contributed by atoms with E-state index in [1.807, 2.05) is 6.08 Å². The van der Waals surface area contributed by atoms with Gasteiger partial charge in [0.05, 0.1) is 6.61 Å². The van der Waals surface area contributed by atoms with Crippen LogP contribution in [0.4, 0.5) is 0 Å². The molecule has 282 valence electrons. The van der Waals surface area contributed by atoms with Gasteiger partial charge in [-0.1, -0.05) is 154 Å². The van der Waals surface area contributed by atoms with E-state index in [2.05, 4.69) is 36.6 Å². The summed E-state index contributed by atoms with van der Waals surface area (Å²) in [6, 6.07) is 0. The lowest BCUT2D eigenvalue weighted by Crippen LogP contribution is -2.29. The van der Waals surface area contributed by atoms with Gasteiger partial charge in [0.1, 0.15) is 6.61 Å². The Morgan fingerprint density at radius 2 is 0.917 bits per heavy atom. The molecule has 8 nitrogen and oxygen atoms in total. The molecule has 9 heteroatoms. The first-order valence-electron chi connectivity index (χ1n) is 19.6. The van der Waals surface area contributed by atoms with E-state index in [1.54, 1.807) is 0 Å². The van der Waals surface area contributed by atoms with Crippen molar-refractivity contribution in [2.45, 2.75) is 200 Å². The number of esters is 2. The van der Waals surface area contributed by atoms with Crippen molar-refractivity contribution in [3.05, 3.63) is 24.3 Å². The van der Waals surface area contributed by atoms with Gasteiger partial charge in [-0.3, -0.25) is 14.1 Å². The van der Waals surface area contributed by atoms with E-state index in [0.717, 1.165) is 38.5 Å². The van der Waals surface area contributed by atoms with Crippen LogP contribution in [0.5, 0.6) is 0 Å². The van der Waals surface area contributed by atoms with Crippen LogP contribution in [-0.2, 0) is 28.2 Å². The predicted octanol–water partition coefficient (Wildman–Crippen LogP) is 11.6. The molecule has 0 aromatic heterocycles. The third-order valence-corrected chi connectivity index (χ3v) is 8.94. The Balaban J connectivity index is 3.98. The van der Waals surface area contributed by atoms with Crippen LogP contribution in [-0.4, -0.2) is 41.0 Å². The second kappa shape index (κ2) is 35.4. The number of hydrogen-bond acceptors (Lipinski definition) is 6. The van der Waals surface area contributed by atoms with Crippen LogP contribution >= 0.6 is 7.82 Å². The highest BCUT2D eigenvalue weighted by atomic mass is 31.2. The first-order chi connectivity index (χ1) is 23.3. The van der Waals surface area contributed by atoms with Crippen molar-refractivity contribution in [1.29, 1.82) is 0 Å². The minimum atomic E-state index is -4.76. The SMILES string of the molecule is CCCCCC/C=C/CCCCCCCCCC(=O)OC[C@H](COP(=O)(O)O)OC(=O)CC/C=C/CCCCCCCCCCCCC. The smallest absolute Gasteiger partial charge is 0.462 e. The minimum absolute atomic E-state index is 0.130. The van der Waals surface area contributed by atoms with E-state index in [4.69, 9.17) is 19.3 Å². The molecule has 0 aliphatic carbocycles. The topological polar surface area (TPSA) is 119 Å². The normalized spacial score (nSPS) is 12.7. The average Bonchev–Trinajstić information content (AvgIpc) is 3.05. The second-order valence-corrected chi connectivity index (χ2v) is 14.5. The van der Waals surface area contributed by atoms with Crippen molar-refractivity contribution in [3.8, 4) is 0 Å². The Morgan fingerprint density at radius 3 is 1.38 bits per heavy atom.